The van der Waals surface area contributed by atoms with Crippen LogP contribution in [0, 0.1) is 23.7 Å². The van der Waals surface area contributed by atoms with Crippen molar-refractivity contribution in [2.45, 2.75) is 0 Å². The molecule has 0 atom stereocenters. The lowest BCUT2D eigenvalue weighted by molar-refractivity contribution is 0.182. The van der Waals surface area contributed by atoms with E-state index >= 15 is 0 Å². The van der Waals surface area contributed by atoms with Gasteiger partial charge in [-0.25, -0.2) is 0 Å². The Hall–Kier alpha value is -1.78. The number of oxime groups is 1. The van der Waals surface area contributed by atoms with Gasteiger partial charge >= 0.3 is 0 Å². The molecule has 0 aromatic carbocycles. The Morgan fingerprint density at radius 1 is 1.77 bits per heavy atom. The molecule has 64 valence electrons. The number of hydrogen-bond acceptors (Lipinski definition) is 4. The maximum atomic E-state index is 8.51. The number of rotatable bonds is 3. The predicted molar refractivity (Wildman–Crippen MR) is 51.4 cm³/mol. The topological polar surface area (TPSA) is 45.4 Å². The van der Waals surface area contributed by atoms with Gasteiger partial charge in [0.05, 0.1) is 16.7 Å². The second-order valence-corrected chi connectivity index (χ2v) is 3.00. The van der Waals surface area contributed by atoms with Crippen LogP contribution in [-0.2, 0) is 4.84 Å². The van der Waals surface area contributed by atoms with Crippen LogP contribution < -0.4 is 0 Å². The zero-order chi connectivity index (χ0) is 9.52. The highest BCUT2D eigenvalue weighted by atomic mass is 32.1. The lowest BCUT2D eigenvalue weighted by Gasteiger charge is -1.87. The minimum Gasteiger partial charge on any atom is -0.383 e. The second-order valence-electron chi connectivity index (χ2n) is 2.06. The summed E-state index contributed by atoms with van der Waals surface area (Å²) in [7, 11) is 0. The van der Waals surface area contributed by atoms with Gasteiger partial charge in [0, 0.05) is 5.38 Å². The number of nitriles is 1. The lowest BCUT2D eigenvalue weighted by atomic mass is 10.3. The van der Waals surface area contributed by atoms with Gasteiger partial charge in [0.15, 0.2) is 6.61 Å². The van der Waals surface area contributed by atoms with Crippen molar-refractivity contribution in [1.82, 2.24) is 0 Å². The van der Waals surface area contributed by atoms with Crippen LogP contribution in [0.2, 0.25) is 0 Å². The number of thiophene rings is 1. The van der Waals surface area contributed by atoms with Crippen molar-refractivity contribution in [3.63, 3.8) is 0 Å². The largest absolute Gasteiger partial charge is 0.383 e. The predicted octanol–water partition coefficient (Wildman–Crippen LogP) is 1.60. The molecular formula is C9H6N2OS. The third kappa shape index (κ3) is 2.98. The molecule has 13 heavy (non-hydrogen) atoms. The molecule has 0 bridgehead atoms. The molecule has 3 nitrogen and oxygen atoms in total. The summed E-state index contributed by atoms with van der Waals surface area (Å²) in [5, 5.41) is 13.9. The van der Waals surface area contributed by atoms with Gasteiger partial charge in [-0.3, -0.25) is 0 Å². The summed E-state index contributed by atoms with van der Waals surface area (Å²) in [6, 6.07) is 3.75. The van der Waals surface area contributed by atoms with Crippen LogP contribution in [-0.4, -0.2) is 12.8 Å². The number of nitrogens with zero attached hydrogens (tertiary/aromatic N) is 2. The van der Waals surface area contributed by atoms with E-state index in [-0.39, 0.29) is 6.61 Å². The van der Waals surface area contributed by atoms with E-state index < -0.39 is 0 Å². The van der Waals surface area contributed by atoms with Crippen molar-refractivity contribution >= 4 is 17.6 Å². The van der Waals surface area contributed by atoms with E-state index in [1.165, 1.54) is 17.6 Å². The number of hydrogen-bond donors (Lipinski definition) is 0. The molecular weight excluding hydrogens is 184 g/mol. The average Bonchev–Trinajstić information content (AvgIpc) is 2.60. The van der Waals surface area contributed by atoms with Crippen molar-refractivity contribution in [1.29, 1.82) is 5.26 Å². The summed E-state index contributed by atoms with van der Waals surface area (Å²) in [5.41, 5.74) is 0.628. The van der Waals surface area contributed by atoms with Crippen LogP contribution in [0.15, 0.2) is 16.6 Å². The van der Waals surface area contributed by atoms with Crippen molar-refractivity contribution in [2.75, 3.05) is 6.61 Å². The van der Waals surface area contributed by atoms with E-state index in [0.717, 1.165) is 4.88 Å². The summed E-state index contributed by atoms with van der Waals surface area (Å²) in [5.74, 6) is 2.29. The van der Waals surface area contributed by atoms with Gasteiger partial charge in [-0.15, -0.1) is 17.8 Å². The normalized spacial score (nSPS) is 9.38. The minimum absolute atomic E-state index is 0.160. The zero-order valence-corrected chi connectivity index (χ0v) is 7.54. The van der Waals surface area contributed by atoms with Crippen LogP contribution in [0.25, 0.3) is 0 Å². The molecule has 0 fully saturated rings. The Balaban J connectivity index is 2.51. The van der Waals surface area contributed by atoms with E-state index in [1.54, 1.807) is 11.4 Å². The van der Waals surface area contributed by atoms with Crippen LogP contribution in [0.1, 0.15) is 10.4 Å². The second kappa shape index (κ2) is 4.97. The van der Waals surface area contributed by atoms with E-state index in [9.17, 15) is 0 Å². The van der Waals surface area contributed by atoms with Gasteiger partial charge in [-0.05, 0) is 6.07 Å². The van der Waals surface area contributed by atoms with E-state index in [0.29, 0.717) is 5.56 Å². The molecule has 4 heteroatoms. The number of terminal acetylenes is 1. The molecule has 0 N–H and O–H groups in total. The van der Waals surface area contributed by atoms with Crippen LogP contribution in [0.4, 0.5) is 0 Å². The highest BCUT2D eigenvalue weighted by Gasteiger charge is 1.94. The van der Waals surface area contributed by atoms with Crippen LogP contribution >= 0.6 is 11.3 Å². The maximum absolute atomic E-state index is 8.51. The van der Waals surface area contributed by atoms with E-state index in [4.69, 9.17) is 11.7 Å². The fourth-order valence-corrected chi connectivity index (χ4v) is 1.33. The maximum Gasteiger partial charge on any atom is 0.177 e. The first-order valence-corrected chi connectivity index (χ1v) is 4.32. The van der Waals surface area contributed by atoms with Gasteiger partial charge in [0.25, 0.3) is 0 Å². The van der Waals surface area contributed by atoms with Gasteiger partial charge in [0.2, 0.25) is 0 Å². The highest BCUT2D eigenvalue weighted by molar-refractivity contribution is 7.11. The monoisotopic (exact) mass is 190 g/mol. The van der Waals surface area contributed by atoms with Gasteiger partial charge in [-0.1, -0.05) is 11.1 Å². The van der Waals surface area contributed by atoms with Gasteiger partial charge < -0.3 is 4.84 Å². The first-order chi connectivity index (χ1) is 6.36. The van der Waals surface area contributed by atoms with Crippen molar-refractivity contribution in [3.8, 4) is 18.4 Å². The van der Waals surface area contributed by atoms with Crippen molar-refractivity contribution in [2.24, 2.45) is 5.16 Å². The third-order valence-corrected chi connectivity index (χ3v) is 2.02. The smallest absolute Gasteiger partial charge is 0.177 e. The van der Waals surface area contributed by atoms with E-state index in [2.05, 4.69) is 15.9 Å². The summed E-state index contributed by atoms with van der Waals surface area (Å²) in [4.78, 5) is 5.56. The molecule has 0 spiro atoms. The molecule has 0 radical (unpaired) electrons. The van der Waals surface area contributed by atoms with Crippen molar-refractivity contribution in [3.05, 3.63) is 21.9 Å². The van der Waals surface area contributed by atoms with Gasteiger partial charge in [-0.2, -0.15) is 5.26 Å². The molecule has 0 saturated heterocycles. The average molecular weight is 190 g/mol. The first-order valence-electron chi connectivity index (χ1n) is 3.44. The summed E-state index contributed by atoms with van der Waals surface area (Å²) in [6.45, 7) is 0.160. The molecule has 1 rings (SSSR count). The fourth-order valence-electron chi connectivity index (χ4n) is 0.643. The summed E-state index contributed by atoms with van der Waals surface area (Å²) < 4.78 is 0. The summed E-state index contributed by atoms with van der Waals surface area (Å²) >= 11 is 1.43. The molecule has 0 unspecified atom stereocenters. The molecule has 0 aliphatic rings. The Kier molecular flexibility index (Phi) is 3.56. The first kappa shape index (κ1) is 9.31. The highest BCUT2D eigenvalue weighted by Crippen LogP contribution is 2.11. The Morgan fingerprint density at radius 3 is 3.23 bits per heavy atom. The van der Waals surface area contributed by atoms with Crippen LogP contribution in [0.3, 0.4) is 0 Å². The molecule has 0 aliphatic carbocycles. The third-order valence-electron chi connectivity index (χ3n) is 1.15. The van der Waals surface area contributed by atoms with Crippen molar-refractivity contribution < 1.29 is 4.84 Å². The SMILES string of the molecule is C#CCO/N=C/c1cc(C#N)cs1. The van der Waals surface area contributed by atoms with E-state index in [1.807, 2.05) is 6.07 Å². The van der Waals surface area contributed by atoms with Gasteiger partial charge in [0.1, 0.15) is 6.07 Å². The van der Waals surface area contributed by atoms with Crippen LogP contribution in [0.5, 0.6) is 0 Å². The molecule has 1 heterocycles. The standard InChI is InChI=1S/C9H6N2OS/c1-2-3-12-11-6-9-4-8(5-10)7-13-9/h1,4,6-7H,3H2/b11-6+. The lowest BCUT2D eigenvalue weighted by Crippen LogP contribution is -1.82. The Bertz CT molecular complexity index is 381. The molecule has 0 saturated carbocycles. The summed E-state index contributed by atoms with van der Waals surface area (Å²) in [6.07, 6.45) is 6.47. The Morgan fingerprint density at radius 2 is 2.62 bits per heavy atom. The molecule has 0 aliphatic heterocycles. The molecule has 1 aromatic heterocycles. The fraction of sp³-hybridized carbons (Fsp3) is 0.111. The zero-order valence-electron chi connectivity index (χ0n) is 6.73. The quantitative estimate of drug-likeness (QED) is 0.314. The Labute approximate surface area is 80.3 Å². The molecule has 1 aromatic rings. The minimum atomic E-state index is 0.160. The molecule has 0 amide bonds.